The number of amides is 3. The van der Waals surface area contributed by atoms with Crippen LogP contribution >= 0.6 is 0 Å². The maximum Gasteiger partial charge on any atom is 0.320 e. The summed E-state index contributed by atoms with van der Waals surface area (Å²) in [6, 6.07) is 13.2. The van der Waals surface area contributed by atoms with Gasteiger partial charge < -0.3 is 15.4 Å². The van der Waals surface area contributed by atoms with Crippen LogP contribution in [0.5, 0.6) is 5.75 Å². The second-order valence-corrected chi connectivity index (χ2v) is 14.2. The Hall–Kier alpha value is -4.58. The molecule has 1 aliphatic carbocycles. The largest absolute Gasteiger partial charge is 0.484 e. The van der Waals surface area contributed by atoms with Crippen molar-refractivity contribution >= 4 is 23.4 Å². The third-order valence-electron chi connectivity index (χ3n) is 8.33. The number of nitrogens with zero attached hydrogens (tertiary/aromatic N) is 6. The normalized spacial score (nSPS) is 19.0. The molecule has 4 heterocycles. The van der Waals surface area contributed by atoms with Crippen LogP contribution in [0.2, 0.25) is 0 Å². The number of urea groups is 1. The Morgan fingerprint density at radius 1 is 1.00 bits per heavy atom. The van der Waals surface area contributed by atoms with Gasteiger partial charge in [0.2, 0.25) is 5.91 Å². The van der Waals surface area contributed by atoms with Gasteiger partial charge in [-0.25, -0.2) is 14.8 Å². The minimum Gasteiger partial charge on any atom is -0.484 e. The van der Waals surface area contributed by atoms with Crippen molar-refractivity contribution in [1.82, 2.24) is 40.1 Å². The molecule has 4 aromatic rings. The number of benzene rings is 1. The zero-order valence-corrected chi connectivity index (χ0v) is 27.4. The Kier molecular flexibility index (Phi) is 8.41. The van der Waals surface area contributed by atoms with Crippen LogP contribution in [0.1, 0.15) is 95.0 Å². The van der Waals surface area contributed by atoms with Gasteiger partial charge in [0.05, 0.1) is 31.0 Å². The molecule has 46 heavy (non-hydrogen) atoms. The van der Waals surface area contributed by atoms with Gasteiger partial charge in [-0.2, -0.15) is 0 Å². The van der Waals surface area contributed by atoms with Crippen LogP contribution < -0.4 is 20.7 Å². The van der Waals surface area contributed by atoms with Gasteiger partial charge in [-0.1, -0.05) is 65.8 Å². The van der Waals surface area contributed by atoms with E-state index < -0.39 is 0 Å². The van der Waals surface area contributed by atoms with Crippen molar-refractivity contribution in [3.05, 3.63) is 77.1 Å². The molecule has 0 bridgehead atoms. The lowest BCUT2D eigenvalue weighted by atomic mass is 9.85. The third kappa shape index (κ3) is 6.96. The van der Waals surface area contributed by atoms with Crippen LogP contribution in [0, 0.1) is 0 Å². The SMILES string of the molecule is CC(C)(C)c1cc(NC(=O)N[C@H]2CC[C@@H](Oc3ccc4nnc(C(C)(C)C)n4c3)c3ccccc32)nc(CN2CCNC(=O)C2)n1. The number of ether oxygens (including phenoxy) is 1. The molecular weight excluding hydrogens is 582 g/mol. The molecule has 0 saturated carbocycles. The Bertz CT molecular complexity index is 1750. The molecule has 0 radical (unpaired) electrons. The predicted octanol–water partition coefficient (Wildman–Crippen LogP) is 4.82. The second-order valence-electron chi connectivity index (χ2n) is 14.2. The topological polar surface area (TPSA) is 139 Å². The summed E-state index contributed by atoms with van der Waals surface area (Å²) in [4.78, 5) is 36.7. The van der Waals surface area contributed by atoms with E-state index in [1.54, 1.807) is 0 Å². The van der Waals surface area contributed by atoms with Gasteiger partial charge in [0.25, 0.3) is 0 Å². The Labute approximate surface area is 269 Å². The van der Waals surface area contributed by atoms with E-state index >= 15 is 0 Å². The number of hydrogen-bond donors (Lipinski definition) is 3. The number of carbonyl (C=O) groups is 2. The van der Waals surface area contributed by atoms with Crippen molar-refractivity contribution in [3.8, 4) is 5.75 Å². The van der Waals surface area contributed by atoms with Gasteiger partial charge in [0.1, 0.15) is 29.3 Å². The molecule has 1 aromatic carbocycles. The van der Waals surface area contributed by atoms with Gasteiger partial charge in [-0.05, 0) is 36.1 Å². The standard InChI is InChI=1S/C34H43N9O3/c1-33(2,3)26-17-27(38-28(37-26)19-42-16-15-35-30(44)20-42)39-32(45)36-24-12-13-25(23-10-8-7-9-22(23)24)46-21-11-14-29-40-41-31(34(4,5)6)43(29)18-21/h7-11,14,17-18,24-25H,12-13,15-16,19-20H2,1-6H3,(H,35,44)(H2,36,37,38,39,45)/t24-,25+/m0/s1. The van der Waals surface area contributed by atoms with E-state index in [-0.39, 0.29) is 34.9 Å². The van der Waals surface area contributed by atoms with E-state index in [1.807, 2.05) is 51.9 Å². The molecule has 12 nitrogen and oxygen atoms in total. The molecule has 0 unspecified atom stereocenters. The molecule has 3 amide bonds. The summed E-state index contributed by atoms with van der Waals surface area (Å²) in [7, 11) is 0. The highest BCUT2D eigenvalue weighted by Crippen LogP contribution is 2.39. The smallest absolute Gasteiger partial charge is 0.320 e. The van der Waals surface area contributed by atoms with Gasteiger partial charge in [0, 0.05) is 30.0 Å². The number of piperazine rings is 1. The van der Waals surface area contributed by atoms with Gasteiger partial charge in [-0.15, -0.1) is 10.2 Å². The number of nitrogens with one attached hydrogen (secondary N) is 3. The molecule has 0 spiro atoms. The molecule has 1 fully saturated rings. The summed E-state index contributed by atoms with van der Waals surface area (Å²) in [5, 5.41) is 17.7. The van der Waals surface area contributed by atoms with Crippen LogP contribution in [-0.4, -0.2) is 61.0 Å². The Morgan fingerprint density at radius 3 is 2.52 bits per heavy atom. The maximum atomic E-state index is 13.4. The molecule has 242 valence electrons. The minimum atomic E-state index is -0.339. The van der Waals surface area contributed by atoms with Crippen molar-refractivity contribution in [3.63, 3.8) is 0 Å². The van der Waals surface area contributed by atoms with E-state index in [0.29, 0.717) is 37.7 Å². The fourth-order valence-electron chi connectivity index (χ4n) is 5.99. The maximum absolute atomic E-state index is 13.4. The van der Waals surface area contributed by atoms with Crippen molar-refractivity contribution in [2.75, 3.05) is 25.0 Å². The van der Waals surface area contributed by atoms with Gasteiger partial charge >= 0.3 is 6.03 Å². The first-order valence-electron chi connectivity index (χ1n) is 15.9. The first-order valence-corrected chi connectivity index (χ1v) is 15.9. The van der Waals surface area contributed by atoms with Gasteiger partial charge in [-0.3, -0.25) is 19.4 Å². The highest BCUT2D eigenvalue weighted by Gasteiger charge is 2.30. The van der Waals surface area contributed by atoms with Crippen molar-refractivity contribution in [2.45, 2.75) is 83.9 Å². The Morgan fingerprint density at radius 2 is 1.78 bits per heavy atom. The molecular formula is C34H43N9O3. The highest BCUT2D eigenvalue weighted by molar-refractivity contribution is 5.88. The second kappa shape index (κ2) is 12.3. The molecule has 1 aliphatic heterocycles. The number of pyridine rings is 1. The van der Waals surface area contributed by atoms with Crippen LogP contribution in [0.4, 0.5) is 10.6 Å². The first kappa shape index (κ1) is 31.4. The monoisotopic (exact) mass is 625 g/mol. The summed E-state index contributed by atoms with van der Waals surface area (Å²) in [5.41, 5.74) is 3.24. The predicted molar refractivity (Wildman–Crippen MR) is 175 cm³/mol. The van der Waals surface area contributed by atoms with Crippen molar-refractivity contribution in [1.29, 1.82) is 0 Å². The molecule has 1 saturated heterocycles. The van der Waals surface area contributed by atoms with Crippen molar-refractivity contribution in [2.24, 2.45) is 0 Å². The number of anilines is 1. The molecule has 12 heteroatoms. The molecule has 2 atom stereocenters. The number of rotatable bonds is 6. The van der Waals surface area contributed by atoms with E-state index in [9.17, 15) is 9.59 Å². The molecule has 6 rings (SSSR count). The summed E-state index contributed by atoms with van der Waals surface area (Å²) in [6.45, 7) is 14.6. The zero-order chi connectivity index (χ0) is 32.6. The van der Waals surface area contributed by atoms with E-state index in [4.69, 9.17) is 9.72 Å². The average molecular weight is 626 g/mol. The van der Waals surface area contributed by atoms with Crippen LogP contribution in [0.25, 0.3) is 5.65 Å². The summed E-state index contributed by atoms with van der Waals surface area (Å²) >= 11 is 0. The van der Waals surface area contributed by atoms with E-state index in [2.05, 4.69) is 78.7 Å². The van der Waals surface area contributed by atoms with Crippen LogP contribution in [0.3, 0.4) is 0 Å². The van der Waals surface area contributed by atoms with Crippen LogP contribution in [-0.2, 0) is 22.2 Å². The molecule has 3 aromatic heterocycles. The van der Waals surface area contributed by atoms with E-state index in [1.165, 1.54) is 0 Å². The minimum absolute atomic E-state index is 0.0115. The molecule has 3 N–H and O–H groups in total. The number of fused-ring (bicyclic) bond motifs is 2. The van der Waals surface area contributed by atoms with Crippen molar-refractivity contribution < 1.29 is 14.3 Å². The average Bonchev–Trinajstić information content (AvgIpc) is 3.42. The summed E-state index contributed by atoms with van der Waals surface area (Å²) in [6.07, 6.45) is 3.22. The molecule has 2 aliphatic rings. The number of carbonyl (C=O) groups excluding carboxylic acids is 2. The lowest BCUT2D eigenvalue weighted by Crippen LogP contribution is -2.47. The van der Waals surface area contributed by atoms with Crippen LogP contribution in [0.15, 0.2) is 48.7 Å². The number of aromatic nitrogens is 5. The lowest BCUT2D eigenvalue weighted by molar-refractivity contribution is -0.124. The van der Waals surface area contributed by atoms with E-state index in [0.717, 1.165) is 47.0 Å². The quantitative estimate of drug-likeness (QED) is 0.277. The zero-order valence-electron chi connectivity index (χ0n) is 27.4. The lowest BCUT2D eigenvalue weighted by Gasteiger charge is -2.32. The number of hydrogen-bond acceptors (Lipinski definition) is 8. The summed E-state index contributed by atoms with van der Waals surface area (Å²) in [5.74, 6) is 2.60. The highest BCUT2D eigenvalue weighted by atomic mass is 16.5. The first-order chi connectivity index (χ1) is 21.8. The fourth-order valence-corrected chi connectivity index (χ4v) is 5.99. The Balaban J connectivity index is 1.17. The summed E-state index contributed by atoms with van der Waals surface area (Å²) < 4.78 is 8.54. The third-order valence-corrected chi connectivity index (χ3v) is 8.33. The fraction of sp³-hybridized carbons (Fsp3) is 0.471. The van der Waals surface area contributed by atoms with Gasteiger partial charge in [0.15, 0.2) is 5.65 Å².